The number of rotatable bonds is 6. The molecule has 0 saturated carbocycles. The molecule has 1 heterocycles. The Hall–Kier alpha value is -2.51. The molecule has 3 aromatic rings. The van der Waals surface area contributed by atoms with Crippen LogP contribution in [0, 0.1) is 13.8 Å². The molecule has 1 aromatic heterocycles. The summed E-state index contributed by atoms with van der Waals surface area (Å²) in [5, 5.41) is 8.16. The van der Waals surface area contributed by atoms with Crippen molar-refractivity contribution in [3.05, 3.63) is 77.6 Å². The van der Waals surface area contributed by atoms with Gasteiger partial charge in [-0.2, -0.15) is 15.0 Å². The highest BCUT2D eigenvalue weighted by Crippen LogP contribution is 2.20. The van der Waals surface area contributed by atoms with Gasteiger partial charge in [-0.05, 0) is 42.7 Å². The van der Waals surface area contributed by atoms with Gasteiger partial charge in [0.1, 0.15) is 0 Å². The lowest BCUT2D eigenvalue weighted by atomic mass is 10.1. The largest absolute Gasteiger partial charge is 0.241 e. The maximum atomic E-state index is 12.8. The molecular formula is C18H20N4O2S. The smallest absolute Gasteiger partial charge is 0.207 e. The molecule has 1 atom stereocenters. The Kier molecular flexibility index (Phi) is 4.96. The second-order valence-electron chi connectivity index (χ2n) is 5.91. The predicted octanol–water partition coefficient (Wildman–Crippen LogP) is 2.61. The quantitative estimate of drug-likeness (QED) is 0.736. The Balaban J connectivity index is 1.92. The zero-order valence-corrected chi connectivity index (χ0v) is 14.9. The van der Waals surface area contributed by atoms with Gasteiger partial charge in [-0.1, -0.05) is 36.4 Å². The summed E-state index contributed by atoms with van der Waals surface area (Å²) in [6.45, 7) is 4.16. The Morgan fingerprint density at radius 2 is 1.68 bits per heavy atom. The first-order chi connectivity index (χ1) is 12.0. The molecule has 130 valence electrons. The molecule has 0 spiro atoms. The molecule has 0 amide bonds. The number of nitrogens with zero attached hydrogens (tertiary/aromatic N) is 3. The van der Waals surface area contributed by atoms with Crippen LogP contribution >= 0.6 is 0 Å². The van der Waals surface area contributed by atoms with E-state index in [0.29, 0.717) is 6.54 Å². The Morgan fingerprint density at radius 3 is 2.32 bits per heavy atom. The molecule has 0 aliphatic carbocycles. The summed E-state index contributed by atoms with van der Waals surface area (Å²) in [5.74, 6) is 0. The molecule has 25 heavy (non-hydrogen) atoms. The SMILES string of the molecule is Cc1ccc(S(=O)(=O)NC(Cn2nccn2)c2ccccc2)cc1C. The Labute approximate surface area is 147 Å². The summed E-state index contributed by atoms with van der Waals surface area (Å²) in [7, 11) is -3.67. The fourth-order valence-electron chi connectivity index (χ4n) is 2.53. The van der Waals surface area contributed by atoms with Crippen LogP contribution in [-0.4, -0.2) is 23.4 Å². The van der Waals surface area contributed by atoms with E-state index >= 15 is 0 Å². The molecule has 0 saturated heterocycles. The molecule has 2 aromatic carbocycles. The molecule has 1 N–H and O–H groups in total. The fraction of sp³-hybridized carbons (Fsp3) is 0.222. The van der Waals surface area contributed by atoms with Crippen molar-refractivity contribution in [3.8, 4) is 0 Å². The molecule has 3 rings (SSSR count). The van der Waals surface area contributed by atoms with E-state index < -0.39 is 16.1 Å². The van der Waals surface area contributed by atoms with Crippen LogP contribution in [0.4, 0.5) is 0 Å². The van der Waals surface area contributed by atoms with Gasteiger partial charge in [-0.3, -0.25) is 0 Å². The third-order valence-electron chi connectivity index (χ3n) is 4.10. The maximum absolute atomic E-state index is 12.8. The number of aromatic nitrogens is 3. The van der Waals surface area contributed by atoms with E-state index in [1.807, 2.05) is 50.2 Å². The monoisotopic (exact) mass is 356 g/mol. The number of nitrogens with one attached hydrogen (secondary N) is 1. The number of sulfonamides is 1. The number of benzene rings is 2. The normalized spacial score (nSPS) is 12.9. The van der Waals surface area contributed by atoms with Crippen LogP contribution in [0.15, 0.2) is 65.8 Å². The van der Waals surface area contributed by atoms with E-state index in [4.69, 9.17) is 0 Å². The van der Waals surface area contributed by atoms with Gasteiger partial charge in [0.25, 0.3) is 0 Å². The van der Waals surface area contributed by atoms with Crippen molar-refractivity contribution >= 4 is 10.0 Å². The van der Waals surface area contributed by atoms with Crippen LogP contribution in [0.1, 0.15) is 22.7 Å². The number of hydrogen-bond acceptors (Lipinski definition) is 4. The first kappa shape index (κ1) is 17.3. The van der Waals surface area contributed by atoms with Gasteiger partial charge in [0.15, 0.2) is 0 Å². The third-order valence-corrected chi connectivity index (χ3v) is 5.57. The highest BCUT2D eigenvalue weighted by molar-refractivity contribution is 7.89. The molecule has 6 nitrogen and oxygen atoms in total. The molecule has 1 unspecified atom stereocenters. The topological polar surface area (TPSA) is 76.9 Å². The summed E-state index contributed by atoms with van der Waals surface area (Å²) in [6.07, 6.45) is 3.14. The minimum absolute atomic E-state index is 0.255. The molecule has 0 bridgehead atoms. The van der Waals surface area contributed by atoms with Gasteiger partial charge >= 0.3 is 0 Å². The molecule has 7 heteroatoms. The van der Waals surface area contributed by atoms with Gasteiger partial charge in [-0.25, -0.2) is 13.1 Å². The molecular weight excluding hydrogens is 336 g/mol. The van der Waals surface area contributed by atoms with Gasteiger partial charge < -0.3 is 0 Å². The van der Waals surface area contributed by atoms with E-state index in [9.17, 15) is 8.42 Å². The summed E-state index contributed by atoms with van der Waals surface area (Å²) in [6, 6.07) is 14.1. The van der Waals surface area contributed by atoms with E-state index in [2.05, 4.69) is 14.9 Å². The van der Waals surface area contributed by atoms with Crippen molar-refractivity contribution in [3.63, 3.8) is 0 Å². The first-order valence-electron chi connectivity index (χ1n) is 7.94. The minimum atomic E-state index is -3.67. The third kappa shape index (κ3) is 4.12. The van der Waals surface area contributed by atoms with E-state index in [0.717, 1.165) is 16.7 Å². The van der Waals surface area contributed by atoms with Crippen molar-refractivity contribution in [2.24, 2.45) is 0 Å². The summed E-state index contributed by atoms with van der Waals surface area (Å²) in [4.78, 5) is 1.73. The van der Waals surface area contributed by atoms with Crippen LogP contribution in [0.25, 0.3) is 0 Å². The van der Waals surface area contributed by atoms with Gasteiger partial charge in [0.05, 0.1) is 29.9 Å². The standard InChI is InChI=1S/C18H20N4O2S/c1-14-8-9-17(12-15(14)2)25(23,24)21-18(13-22-19-10-11-20-22)16-6-4-3-5-7-16/h3-12,18,21H,13H2,1-2H3. The summed E-state index contributed by atoms with van der Waals surface area (Å²) in [5.41, 5.74) is 2.85. The lowest BCUT2D eigenvalue weighted by molar-refractivity contribution is 0.444. The molecule has 0 radical (unpaired) electrons. The van der Waals surface area contributed by atoms with E-state index in [1.54, 1.807) is 24.5 Å². The van der Waals surface area contributed by atoms with Crippen LogP contribution in [0.3, 0.4) is 0 Å². The highest BCUT2D eigenvalue weighted by Gasteiger charge is 2.22. The van der Waals surface area contributed by atoms with Crippen molar-refractivity contribution in [2.75, 3.05) is 0 Å². The fourth-order valence-corrected chi connectivity index (χ4v) is 3.83. The Bertz CT molecular complexity index is 938. The van der Waals surface area contributed by atoms with Crippen molar-refractivity contribution in [2.45, 2.75) is 31.3 Å². The minimum Gasteiger partial charge on any atom is -0.207 e. The lowest BCUT2D eigenvalue weighted by Gasteiger charge is -2.19. The molecule has 0 fully saturated rings. The summed E-state index contributed by atoms with van der Waals surface area (Å²) < 4.78 is 28.5. The molecule has 0 aliphatic rings. The number of hydrogen-bond donors (Lipinski definition) is 1. The van der Waals surface area contributed by atoms with Crippen LogP contribution in [-0.2, 0) is 16.6 Å². The Morgan fingerprint density at radius 1 is 1.00 bits per heavy atom. The van der Waals surface area contributed by atoms with Gasteiger partial charge in [0.2, 0.25) is 10.0 Å². The average molecular weight is 356 g/mol. The van der Waals surface area contributed by atoms with Gasteiger partial charge in [0, 0.05) is 0 Å². The second-order valence-corrected chi connectivity index (χ2v) is 7.63. The predicted molar refractivity (Wildman–Crippen MR) is 95.4 cm³/mol. The van der Waals surface area contributed by atoms with Crippen LogP contribution < -0.4 is 4.72 Å². The first-order valence-corrected chi connectivity index (χ1v) is 9.43. The van der Waals surface area contributed by atoms with E-state index in [1.165, 1.54) is 4.80 Å². The zero-order valence-electron chi connectivity index (χ0n) is 14.1. The van der Waals surface area contributed by atoms with Gasteiger partial charge in [-0.15, -0.1) is 0 Å². The summed E-state index contributed by atoms with van der Waals surface area (Å²) >= 11 is 0. The second kappa shape index (κ2) is 7.16. The van der Waals surface area contributed by atoms with Crippen molar-refractivity contribution < 1.29 is 8.42 Å². The molecule has 0 aliphatic heterocycles. The number of aryl methyl sites for hydroxylation is 2. The van der Waals surface area contributed by atoms with Crippen LogP contribution in [0.2, 0.25) is 0 Å². The average Bonchev–Trinajstić information content (AvgIpc) is 3.10. The lowest BCUT2D eigenvalue weighted by Crippen LogP contribution is -2.32. The zero-order chi connectivity index (χ0) is 17.9. The van der Waals surface area contributed by atoms with Crippen molar-refractivity contribution in [1.29, 1.82) is 0 Å². The highest BCUT2D eigenvalue weighted by atomic mass is 32.2. The van der Waals surface area contributed by atoms with E-state index in [-0.39, 0.29) is 4.90 Å². The maximum Gasteiger partial charge on any atom is 0.241 e. The van der Waals surface area contributed by atoms with Crippen LogP contribution in [0.5, 0.6) is 0 Å². The van der Waals surface area contributed by atoms with Crippen molar-refractivity contribution in [1.82, 2.24) is 19.7 Å².